The number of ketones is 1. The molecule has 2 nitrogen and oxygen atoms in total. The summed E-state index contributed by atoms with van der Waals surface area (Å²) in [5, 5.41) is 0.982. The SMILES string of the molecule is CC(=O)C=C1Sc2ccc(Br)cc2N1C. The van der Waals surface area contributed by atoms with Gasteiger partial charge in [0.05, 0.1) is 10.7 Å². The van der Waals surface area contributed by atoms with Gasteiger partial charge in [-0.2, -0.15) is 0 Å². The second kappa shape index (κ2) is 4.02. The van der Waals surface area contributed by atoms with E-state index in [9.17, 15) is 4.79 Å². The second-order valence-corrected chi connectivity index (χ2v) is 5.34. The van der Waals surface area contributed by atoms with E-state index in [-0.39, 0.29) is 5.78 Å². The number of nitrogens with zero attached hydrogens (tertiary/aromatic N) is 1. The molecule has 0 unspecified atom stereocenters. The van der Waals surface area contributed by atoms with E-state index in [2.05, 4.69) is 28.1 Å². The Hall–Kier alpha value is -0.740. The van der Waals surface area contributed by atoms with Crippen LogP contribution in [-0.2, 0) is 4.79 Å². The molecule has 0 amide bonds. The van der Waals surface area contributed by atoms with Gasteiger partial charge in [-0.1, -0.05) is 27.7 Å². The van der Waals surface area contributed by atoms with Crippen LogP contribution in [0.15, 0.2) is 38.7 Å². The Morgan fingerprint density at radius 2 is 2.27 bits per heavy atom. The number of benzene rings is 1. The van der Waals surface area contributed by atoms with Gasteiger partial charge in [0.25, 0.3) is 0 Å². The van der Waals surface area contributed by atoms with Crippen LogP contribution in [0.5, 0.6) is 0 Å². The summed E-state index contributed by atoms with van der Waals surface area (Å²) in [7, 11) is 1.97. The van der Waals surface area contributed by atoms with Gasteiger partial charge in [0.2, 0.25) is 0 Å². The monoisotopic (exact) mass is 283 g/mol. The summed E-state index contributed by atoms with van der Waals surface area (Å²) < 4.78 is 1.05. The van der Waals surface area contributed by atoms with Gasteiger partial charge in [-0.3, -0.25) is 4.79 Å². The van der Waals surface area contributed by atoms with Crippen molar-refractivity contribution in [3.05, 3.63) is 33.8 Å². The van der Waals surface area contributed by atoms with Gasteiger partial charge in [0.1, 0.15) is 0 Å². The molecule has 0 bridgehead atoms. The summed E-state index contributed by atoms with van der Waals surface area (Å²) >= 11 is 5.07. The van der Waals surface area contributed by atoms with E-state index in [1.165, 1.54) is 4.90 Å². The summed E-state index contributed by atoms with van der Waals surface area (Å²) in [6.07, 6.45) is 1.67. The van der Waals surface area contributed by atoms with Gasteiger partial charge < -0.3 is 4.90 Å². The molecule has 0 saturated heterocycles. The zero-order valence-corrected chi connectivity index (χ0v) is 10.9. The lowest BCUT2D eigenvalue weighted by molar-refractivity contribution is -0.112. The van der Waals surface area contributed by atoms with E-state index in [0.717, 1.165) is 15.2 Å². The fraction of sp³-hybridized carbons (Fsp3) is 0.182. The highest BCUT2D eigenvalue weighted by atomic mass is 79.9. The molecule has 1 aliphatic heterocycles. The fourth-order valence-electron chi connectivity index (χ4n) is 1.44. The van der Waals surface area contributed by atoms with Crippen LogP contribution >= 0.6 is 27.7 Å². The van der Waals surface area contributed by atoms with Crippen LogP contribution < -0.4 is 4.90 Å². The number of anilines is 1. The van der Waals surface area contributed by atoms with Crippen molar-refractivity contribution in [2.45, 2.75) is 11.8 Å². The number of halogens is 1. The van der Waals surface area contributed by atoms with Crippen molar-refractivity contribution < 1.29 is 4.79 Å². The Bertz CT molecular complexity index is 456. The van der Waals surface area contributed by atoms with Crippen molar-refractivity contribution >= 4 is 39.2 Å². The molecule has 0 N–H and O–H groups in total. The third kappa shape index (κ3) is 2.11. The highest BCUT2D eigenvalue weighted by Crippen LogP contribution is 2.45. The van der Waals surface area contributed by atoms with Gasteiger partial charge in [0.15, 0.2) is 5.78 Å². The maximum Gasteiger partial charge on any atom is 0.155 e. The number of allylic oxidation sites excluding steroid dienone is 1. The molecule has 1 heterocycles. The Morgan fingerprint density at radius 3 is 2.93 bits per heavy atom. The van der Waals surface area contributed by atoms with Crippen molar-refractivity contribution in [1.82, 2.24) is 0 Å². The van der Waals surface area contributed by atoms with E-state index in [1.807, 2.05) is 18.0 Å². The van der Waals surface area contributed by atoms with E-state index >= 15 is 0 Å². The Balaban J connectivity index is 2.41. The first-order valence-electron chi connectivity index (χ1n) is 4.51. The number of hydrogen-bond donors (Lipinski definition) is 0. The zero-order chi connectivity index (χ0) is 11.0. The Kier molecular flexibility index (Phi) is 2.89. The van der Waals surface area contributed by atoms with Crippen molar-refractivity contribution in [2.75, 3.05) is 11.9 Å². The van der Waals surface area contributed by atoms with Crippen LogP contribution in [-0.4, -0.2) is 12.8 Å². The van der Waals surface area contributed by atoms with E-state index in [0.29, 0.717) is 0 Å². The number of fused-ring (bicyclic) bond motifs is 1. The van der Waals surface area contributed by atoms with Crippen molar-refractivity contribution in [2.24, 2.45) is 0 Å². The van der Waals surface area contributed by atoms with E-state index in [1.54, 1.807) is 24.8 Å². The maximum absolute atomic E-state index is 11.0. The van der Waals surface area contributed by atoms with Crippen LogP contribution in [0, 0.1) is 0 Å². The number of rotatable bonds is 1. The molecule has 78 valence electrons. The molecule has 0 aromatic heterocycles. The fourth-order valence-corrected chi connectivity index (χ4v) is 2.91. The van der Waals surface area contributed by atoms with Gasteiger partial charge in [-0.25, -0.2) is 0 Å². The van der Waals surface area contributed by atoms with Crippen LogP contribution in [0.3, 0.4) is 0 Å². The van der Waals surface area contributed by atoms with Gasteiger partial charge >= 0.3 is 0 Å². The third-order valence-corrected chi connectivity index (χ3v) is 3.81. The minimum Gasteiger partial charge on any atom is -0.338 e. The summed E-state index contributed by atoms with van der Waals surface area (Å²) in [5.41, 5.74) is 1.14. The average Bonchev–Trinajstić information content (AvgIpc) is 2.44. The summed E-state index contributed by atoms with van der Waals surface area (Å²) in [5.74, 6) is 0.0798. The van der Waals surface area contributed by atoms with E-state index < -0.39 is 0 Å². The van der Waals surface area contributed by atoms with Gasteiger partial charge in [-0.15, -0.1) is 0 Å². The molecule has 0 spiro atoms. The van der Waals surface area contributed by atoms with E-state index in [4.69, 9.17) is 0 Å². The molecule has 0 saturated carbocycles. The quantitative estimate of drug-likeness (QED) is 0.737. The lowest BCUT2D eigenvalue weighted by atomic mass is 10.3. The van der Waals surface area contributed by atoms with Crippen LogP contribution in [0.2, 0.25) is 0 Å². The topological polar surface area (TPSA) is 20.3 Å². The normalized spacial score (nSPS) is 17.0. The standard InChI is InChI=1S/C11H10BrNOS/c1-7(14)5-11-13(2)9-6-8(12)3-4-10(9)15-11/h3-6H,1-2H3. The molecule has 0 fully saturated rings. The zero-order valence-electron chi connectivity index (χ0n) is 8.45. The van der Waals surface area contributed by atoms with Crippen LogP contribution in [0.25, 0.3) is 0 Å². The maximum atomic E-state index is 11.0. The first-order valence-corrected chi connectivity index (χ1v) is 6.12. The molecule has 1 aromatic carbocycles. The predicted octanol–water partition coefficient (Wildman–Crippen LogP) is 3.42. The molecule has 15 heavy (non-hydrogen) atoms. The van der Waals surface area contributed by atoms with Crippen molar-refractivity contribution in [3.8, 4) is 0 Å². The molecule has 1 aliphatic rings. The lowest BCUT2D eigenvalue weighted by Gasteiger charge is -2.12. The van der Waals surface area contributed by atoms with Crippen LogP contribution in [0.4, 0.5) is 5.69 Å². The first kappa shape index (κ1) is 10.8. The molecular weight excluding hydrogens is 274 g/mol. The smallest absolute Gasteiger partial charge is 0.155 e. The Morgan fingerprint density at radius 1 is 1.53 bits per heavy atom. The predicted molar refractivity (Wildman–Crippen MR) is 67.2 cm³/mol. The molecule has 1 aromatic rings. The van der Waals surface area contributed by atoms with Gasteiger partial charge in [0, 0.05) is 22.5 Å². The average molecular weight is 284 g/mol. The molecule has 0 atom stereocenters. The number of thioether (sulfide) groups is 1. The minimum absolute atomic E-state index is 0.0798. The summed E-state index contributed by atoms with van der Waals surface area (Å²) in [4.78, 5) is 14.3. The summed E-state index contributed by atoms with van der Waals surface area (Å²) in [6, 6.07) is 6.13. The number of carbonyl (C=O) groups excluding carboxylic acids is 1. The highest BCUT2D eigenvalue weighted by molar-refractivity contribution is 9.10. The lowest BCUT2D eigenvalue weighted by Crippen LogP contribution is -2.10. The number of hydrogen-bond acceptors (Lipinski definition) is 3. The highest BCUT2D eigenvalue weighted by Gasteiger charge is 2.22. The van der Waals surface area contributed by atoms with Gasteiger partial charge in [-0.05, 0) is 25.1 Å². The molecule has 2 rings (SSSR count). The van der Waals surface area contributed by atoms with Crippen LogP contribution in [0.1, 0.15) is 6.92 Å². The summed E-state index contributed by atoms with van der Waals surface area (Å²) in [6.45, 7) is 1.57. The molecule has 0 radical (unpaired) electrons. The first-order chi connectivity index (χ1) is 7.08. The minimum atomic E-state index is 0.0798. The molecular formula is C11H10BrNOS. The largest absolute Gasteiger partial charge is 0.338 e. The second-order valence-electron chi connectivity index (χ2n) is 3.37. The van der Waals surface area contributed by atoms with Crippen molar-refractivity contribution in [3.63, 3.8) is 0 Å². The van der Waals surface area contributed by atoms with Crippen molar-refractivity contribution in [1.29, 1.82) is 0 Å². The molecule has 0 aliphatic carbocycles. The third-order valence-electron chi connectivity index (χ3n) is 2.15. The molecule has 4 heteroatoms. The Labute approximate surface area is 101 Å². The number of carbonyl (C=O) groups is 1.